The Morgan fingerprint density at radius 1 is 1.55 bits per heavy atom. The third-order valence-corrected chi connectivity index (χ3v) is 3.82. The molecule has 0 radical (unpaired) electrons. The topological polar surface area (TPSA) is 94.5 Å². The molecule has 1 fully saturated rings. The number of piperidine rings is 1. The summed E-state index contributed by atoms with van der Waals surface area (Å²) in [6, 6.07) is 3.64. The maximum atomic E-state index is 11.6. The monoisotopic (exact) mass is 278 g/mol. The van der Waals surface area contributed by atoms with E-state index in [4.69, 9.17) is 16.2 Å². The highest BCUT2D eigenvalue weighted by Gasteiger charge is 2.30. The van der Waals surface area contributed by atoms with E-state index in [1.807, 2.05) is 6.92 Å². The lowest BCUT2D eigenvalue weighted by molar-refractivity contribution is 0.0707. The van der Waals surface area contributed by atoms with Gasteiger partial charge in [0, 0.05) is 31.9 Å². The van der Waals surface area contributed by atoms with Crippen molar-refractivity contribution in [1.82, 2.24) is 4.98 Å². The van der Waals surface area contributed by atoms with E-state index < -0.39 is 5.91 Å². The largest absolute Gasteiger partial charge is 0.381 e. The number of primary amides is 1. The maximum absolute atomic E-state index is 11.6. The van der Waals surface area contributed by atoms with Crippen LogP contribution >= 0.6 is 0 Å². The molecule has 4 N–H and O–H groups in total. The number of ether oxygens (including phenoxy) is 1. The van der Waals surface area contributed by atoms with Gasteiger partial charge in [0.05, 0.1) is 11.7 Å². The van der Waals surface area contributed by atoms with Crippen LogP contribution in [0.5, 0.6) is 0 Å². The second kappa shape index (κ2) is 6.19. The van der Waals surface area contributed by atoms with Crippen LogP contribution in [0.15, 0.2) is 12.1 Å². The van der Waals surface area contributed by atoms with Gasteiger partial charge in [-0.15, -0.1) is 0 Å². The molecule has 2 unspecified atom stereocenters. The minimum Gasteiger partial charge on any atom is -0.381 e. The number of amides is 1. The van der Waals surface area contributed by atoms with Gasteiger partial charge in [-0.05, 0) is 31.9 Å². The summed E-state index contributed by atoms with van der Waals surface area (Å²) < 4.78 is 5.41. The Kier molecular flexibility index (Phi) is 4.57. The normalized spacial score (nSPS) is 22.9. The Bertz CT molecular complexity index is 492. The minimum absolute atomic E-state index is 0.112. The molecule has 6 heteroatoms. The van der Waals surface area contributed by atoms with Crippen LogP contribution in [0.25, 0.3) is 0 Å². The summed E-state index contributed by atoms with van der Waals surface area (Å²) in [6.07, 6.45) is 1.93. The van der Waals surface area contributed by atoms with Crippen LogP contribution < -0.4 is 16.4 Å². The zero-order valence-corrected chi connectivity index (χ0v) is 12.0. The smallest absolute Gasteiger partial charge is 0.252 e. The third-order valence-electron chi connectivity index (χ3n) is 3.82. The highest BCUT2D eigenvalue weighted by atomic mass is 16.5. The minimum atomic E-state index is -0.461. The fourth-order valence-corrected chi connectivity index (χ4v) is 2.68. The summed E-state index contributed by atoms with van der Waals surface area (Å²) >= 11 is 0. The quantitative estimate of drug-likeness (QED) is 0.833. The third kappa shape index (κ3) is 2.91. The number of aryl methyl sites for hydroxylation is 1. The van der Waals surface area contributed by atoms with E-state index in [0.29, 0.717) is 17.9 Å². The van der Waals surface area contributed by atoms with Gasteiger partial charge in [0.2, 0.25) is 0 Å². The van der Waals surface area contributed by atoms with E-state index in [2.05, 4.69) is 9.88 Å². The second-order valence-electron chi connectivity index (χ2n) is 5.15. The first kappa shape index (κ1) is 14.7. The summed E-state index contributed by atoms with van der Waals surface area (Å²) in [5.41, 5.74) is 12.6. The van der Waals surface area contributed by atoms with Gasteiger partial charge in [0.25, 0.3) is 5.91 Å². The van der Waals surface area contributed by atoms with Gasteiger partial charge in [-0.3, -0.25) is 4.79 Å². The Labute approximate surface area is 119 Å². The average Bonchev–Trinajstić information content (AvgIpc) is 2.46. The van der Waals surface area contributed by atoms with Gasteiger partial charge in [0.15, 0.2) is 0 Å². The molecule has 0 aromatic carbocycles. The lowest BCUT2D eigenvalue weighted by Crippen LogP contribution is -2.49. The molecule has 0 spiro atoms. The van der Waals surface area contributed by atoms with E-state index in [1.165, 1.54) is 0 Å². The number of nitrogens with two attached hydrogens (primary N) is 2. The lowest BCUT2D eigenvalue weighted by Gasteiger charge is -2.39. The van der Waals surface area contributed by atoms with E-state index in [-0.39, 0.29) is 12.1 Å². The SMILES string of the molecule is COC1CCN(c2nc(C)ccc2C(N)=O)C(CN)C1. The van der Waals surface area contributed by atoms with Crippen LogP contribution in [0.3, 0.4) is 0 Å². The molecule has 2 atom stereocenters. The first-order chi connectivity index (χ1) is 9.56. The van der Waals surface area contributed by atoms with Crippen LogP contribution in [-0.4, -0.2) is 43.2 Å². The molecule has 1 aromatic heterocycles. The first-order valence-electron chi connectivity index (χ1n) is 6.83. The van der Waals surface area contributed by atoms with Gasteiger partial charge in [-0.25, -0.2) is 4.98 Å². The second-order valence-corrected chi connectivity index (χ2v) is 5.15. The number of hydrogen-bond donors (Lipinski definition) is 2. The molecule has 1 aromatic rings. The molecular weight excluding hydrogens is 256 g/mol. The van der Waals surface area contributed by atoms with Crippen LogP contribution in [0.2, 0.25) is 0 Å². The Balaban J connectivity index is 2.34. The van der Waals surface area contributed by atoms with Gasteiger partial charge < -0.3 is 21.1 Å². The van der Waals surface area contributed by atoms with E-state index in [1.54, 1.807) is 19.2 Å². The van der Waals surface area contributed by atoms with Crippen molar-refractivity contribution in [3.8, 4) is 0 Å². The van der Waals surface area contributed by atoms with Crippen LogP contribution in [0.4, 0.5) is 5.82 Å². The Hall–Kier alpha value is -1.66. The van der Waals surface area contributed by atoms with Crippen molar-refractivity contribution in [2.75, 3.05) is 25.1 Å². The van der Waals surface area contributed by atoms with Gasteiger partial charge >= 0.3 is 0 Å². The summed E-state index contributed by atoms with van der Waals surface area (Å²) in [5, 5.41) is 0. The predicted molar refractivity (Wildman–Crippen MR) is 77.7 cm³/mol. The Morgan fingerprint density at radius 2 is 2.30 bits per heavy atom. The number of aromatic nitrogens is 1. The zero-order chi connectivity index (χ0) is 14.7. The van der Waals surface area contributed by atoms with E-state index >= 15 is 0 Å². The van der Waals surface area contributed by atoms with Crippen molar-refractivity contribution in [1.29, 1.82) is 0 Å². The molecule has 0 saturated carbocycles. The van der Waals surface area contributed by atoms with Crippen molar-refractivity contribution >= 4 is 11.7 Å². The standard InChI is InChI=1S/C14H22N4O2/c1-9-3-4-12(13(16)19)14(17-9)18-6-5-11(20-2)7-10(18)8-15/h3-4,10-11H,5-8,15H2,1-2H3,(H2,16,19). The van der Waals surface area contributed by atoms with Gasteiger partial charge in [-0.1, -0.05) is 0 Å². The number of hydrogen-bond acceptors (Lipinski definition) is 5. The van der Waals surface area contributed by atoms with Crippen LogP contribution in [0, 0.1) is 6.92 Å². The number of methoxy groups -OCH3 is 1. The molecule has 20 heavy (non-hydrogen) atoms. The predicted octanol–water partition coefficient (Wildman–Crippen LogP) is 0.431. The molecule has 0 aliphatic carbocycles. The number of carbonyl (C=O) groups is 1. The first-order valence-corrected chi connectivity index (χ1v) is 6.83. The van der Waals surface area contributed by atoms with E-state index in [0.717, 1.165) is 25.1 Å². The number of anilines is 1. The van der Waals surface area contributed by atoms with Crippen molar-refractivity contribution in [3.05, 3.63) is 23.4 Å². The van der Waals surface area contributed by atoms with Crippen LogP contribution in [0.1, 0.15) is 28.9 Å². The molecule has 6 nitrogen and oxygen atoms in total. The average molecular weight is 278 g/mol. The van der Waals surface area contributed by atoms with Crippen molar-refractivity contribution in [2.24, 2.45) is 11.5 Å². The Morgan fingerprint density at radius 3 is 2.90 bits per heavy atom. The number of rotatable bonds is 4. The molecule has 110 valence electrons. The van der Waals surface area contributed by atoms with Crippen LogP contribution in [-0.2, 0) is 4.74 Å². The highest BCUT2D eigenvalue weighted by molar-refractivity contribution is 5.97. The fraction of sp³-hybridized carbons (Fsp3) is 0.571. The zero-order valence-electron chi connectivity index (χ0n) is 12.0. The van der Waals surface area contributed by atoms with Gasteiger partial charge in [0.1, 0.15) is 5.82 Å². The summed E-state index contributed by atoms with van der Waals surface area (Å²) in [6.45, 7) is 3.15. The molecule has 2 heterocycles. The van der Waals surface area contributed by atoms with Crippen molar-refractivity contribution in [3.63, 3.8) is 0 Å². The molecule has 1 aliphatic rings. The van der Waals surface area contributed by atoms with Gasteiger partial charge in [-0.2, -0.15) is 0 Å². The lowest BCUT2D eigenvalue weighted by atomic mass is 9.98. The van der Waals surface area contributed by atoms with E-state index in [9.17, 15) is 4.79 Å². The summed E-state index contributed by atoms with van der Waals surface area (Å²) in [7, 11) is 1.72. The summed E-state index contributed by atoms with van der Waals surface area (Å²) in [5.74, 6) is 0.180. The van der Waals surface area contributed by atoms with Crippen molar-refractivity contribution in [2.45, 2.75) is 31.9 Å². The van der Waals surface area contributed by atoms with Crippen molar-refractivity contribution < 1.29 is 9.53 Å². The maximum Gasteiger partial charge on any atom is 0.252 e. The molecule has 0 bridgehead atoms. The number of pyridine rings is 1. The summed E-state index contributed by atoms with van der Waals surface area (Å²) in [4.78, 5) is 18.2. The molecule has 1 amide bonds. The molecule has 1 saturated heterocycles. The molecule has 2 rings (SSSR count). The highest BCUT2D eigenvalue weighted by Crippen LogP contribution is 2.27. The molecular formula is C14H22N4O2. The molecule has 1 aliphatic heterocycles. The fourth-order valence-electron chi connectivity index (χ4n) is 2.68. The number of nitrogens with zero attached hydrogens (tertiary/aromatic N) is 2. The number of carbonyl (C=O) groups excluding carboxylic acids is 1.